The highest BCUT2D eigenvalue weighted by Gasteiger charge is 2.20. The number of tetrazole rings is 1. The number of hydrogen-bond donors (Lipinski definition) is 3. The fourth-order valence-electron chi connectivity index (χ4n) is 2.90. The van der Waals surface area contributed by atoms with Crippen molar-refractivity contribution in [1.29, 1.82) is 0 Å². The second-order valence-corrected chi connectivity index (χ2v) is 6.66. The van der Waals surface area contributed by atoms with Crippen LogP contribution in [-0.4, -0.2) is 50.4 Å². The van der Waals surface area contributed by atoms with Crippen LogP contribution >= 0.6 is 12.2 Å². The largest absolute Gasteiger partial charge is 0.480 e. The van der Waals surface area contributed by atoms with Crippen molar-refractivity contribution < 1.29 is 9.90 Å². The van der Waals surface area contributed by atoms with E-state index in [-0.39, 0.29) is 0 Å². The van der Waals surface area contributed by atoms with Crippen molar-refractivity contribution in [2.24, 2.45) is 0 Å². The van der Waals surface area contributed by atoms with Gasteiger partial charge in [-0.15, -0.1) is 0 Å². The van der Waals surface area contributed by atoms with Gasteiger partial charge in [0.25, 0.3) is 0 Å². The molecule has 1 heterocycles. The van der Waals surface area contributed by atoms with Gasteiger partial charge in [0.2, 0.25) is 4.77 Å². The molecule has 2 aromatic carbocycles. The molecule has 1 unspecified atom stereocenters. The third kappa shape index (κ3) is 4.74. The number of nitrogens with one attached hydrogen (secondary N) is 2. The van der Waals surface area contributed by atoms with Crippen molar-refractivity contribution >= 4 is 29.6 Å². The Bertz CT molecular complexity index is 972. The predicted molar refractivity (Wildman–Crippen MR) is 111 cm³/mol. The molecule has 0 saturated carbocycles. The Morgan fingerprint density at radius 1 is 1.29 bits per heavy atom. The number of carbonyl (C=O) groups is 1. The molecule has 146 valence electrons. The van der Waals surface area contributed by atoms with Crippen molar-refractivity contribution in [3.8, 4) is 5.69 Å². The molecule has 0 aliphatic rings. The van der Waals surface area contributed by atoms with E-state index in [1.54, 1.807) is 11.6 Å². The normalized spacial score (nSPS) is 11.8. The molecule has 0 amide bonds. The number of para-hydroxylation sites is 1. The van der Waals surface area contributed by atoms with E-state index >= 15 is 0 Å². The molecule has 0 bridgehead atoms. The lowest BCUT2D eigenvalue weighted by Crippen LogP contribution is -2.40. The summed E-state index contributed by atoms with van der Waals surface area (Å²) in [7, 11) is 0. The minimum atomic E-state index is -0.838. The molecule has 0 spiro atoms. The molecule has 0 saturated heterocycles. The minimum absolute atomic E-state index is 0.360. The average molecular weight is 398 g/mol. The summed E-state index contributed by atoms with van der Waals surface area (Å²) >= 11 is 5.12. The summed E-state index contributed by atoms with van der Waals surface area (Å²) in [4.78, 5) is 13.4. The van der Waals surface area contributed by atoms with Crippen LogP contribution in [0.3, 0.4) is 0 Å². The van der Waals surface area contributed by atoms with Gasteiger partial charge in [0.05, 0.1) is 5.69 Å². The van der Waals surface area contributed by atoms with E-state index < -0.39 is 12.0 Å². The molecule has 0 aliphatic heterocycles. The SMILES string of the molecule is CC(C(=O)O)N(CCCNc1cccc(-n2[nH]nnc2=S)c1)c1ccccc1. The Labute approximate surface area is 167 Å². The molecule has 1 atom stereocenters. The molecular formula is C19H22N6O2S. The van der Waals surface area contributed by atoms with Gasteiger partial charge < -0.3 is 15.3 Å². The number of carboxylic acid groups (broad SMARTS) is 1. The summed E-state index contributed by atoms with van der Waals surface area (Å²) in [6, 6.07) is 16.7. The van der Waals surface area contributed by atoms with Gasteiger partial charge >= 0.3 is 5.97 Å². The van der Waals surface area contributed by atoms with Crippen LogP contribution in [0.2, 0.25) is 0 Å². The Morgan fingerprint density at radius 3 is 2.75 bits per heavy atom. The van der Waals surface area contributed by atoms with Crippen LogP contribution in [0.5, 0.6) is 0 Å². The van der Waals surface area contributed by atoms with Crippen molar-refractivity contribution in [1.82, 2.24) is 20.2 Å². The number of benzene rings is 2. The summed E-state index contributed by atoms with van der Waals surface area (Å²) in [6.45, 7) is 3.03. The number of carboxylic acids is 1. The summed E-state index contributed by atoms with van der Waals surface area (Å²) in [5.41, 5.74) is 2.68. The molecule has 3 rings (SSSR count). The first-order valence-corrected chi connectivity index (χ1v) is 9.36. The highest BCUT2D eigenvalue weighted by atomic mass is 32.1. The fraction of sp³-hybridized carbons (Fsp3) is 0.263. The number of aromatic nitrogens is 4. The van der Waals surface area contributed by atoms with E-state index in [0.29, 0.717) is 17.9 Å². The van der Waals surface area contributed by atoms with E-state index in [1.807, 2.05) is 59.5 Å². The highest BCUT2D eigenvalue weighted by Crippen LogP contribution is 2.18. The second kappa shape index (κ2) is 9.14. The first-order chi connectivity index (χ1) is 13.6. The molecule has 3 N–H and O–H groups in total. The average Bonchev–Trinajstić information content (AvgIpc) is 3.14. The number of rotatable bonds is 9. The van der Waals surface area contributed by atoms with Crippen LogP contribution in [0, 0.1) is 4.77 Å². The highest BCUT2D eigenvalue weighted by molar-refractivity contribution is 7.71. The number of hydrogen-bond acceptors (Lipinski definition) is 6. The van der Waals surface area contributed by atoms with E-state index in [0.717, 1.165) is 23.5 Å². The van der Waals surface area contributed by atoms with Crippen LogP contribution in [0.1, 0.15) is 13.3 Å². The molecular weight excluding hydrogens is 376 g/mol. The lowest BCUT2D eigenvalue weighted by atomic mass is 10.2. The molecule has 8 nitrogen and oxygen atoms in total. The lowest BCUT2D eigenvalue weighted by Gasteiger charge is -2.28. The zero-order chi connectivity index (χ0) is 19.9. The maximum atomic E-state index is 11.5. The van der Waals surface area contributed by atoms with Gasteiger partial charge in [-0.2, -0.15) is 5.21 Å². The minimum Gasteiger partial charge on any atom is -0.480 e. The fourth-order valence-corrected chi connectivity index (χ4v) is 3.09. The van der Waals surface area contributed by atoms with Gasteiger partial charge in [0, 0.05) is 24.5 Å². The standard InChI is InChI=1S/C19H22N6O2S/c1-14(18(26)27)24(16-8-3-2-4-9-16)12-6-11-20-15-7-5-10-17(13-15)25-19(28)21-22-23-25/h2-5,7-10,13-14,20H,6,11-12H2,1H3,(H,26,27)(H,21,23,28). The van der Waals surface area contributed by atoms with Crippen LogP contribution in [0.4, 0.5) is 11.4 Å². The van der Waals surface area contributed by atoms with Gasteiger partial charge in [-0.05, 0) is 55.9 Å². The summed E-state index contributed by atoms with van der Waals surface area (Å²) < 4.78 is 1.98. The Morgan fingerprint density at radius 2 is 2.07 bits per heavy atom. The summed E-state index contributed by atoms with van der Waals surface area (Å²) in [5, 5.41) is 23.0. The van der Waals surface area contributed by atoms with Crippen LogP contribution in [0.15, 0.2) is 54.6 Å². The topological polar surface area (TPSA) is 99.1 Å². The quantitative estimate of drug-likeness (QED) is 0.376. The number of aromatic amines is 1. The molecule has 0 radical (unpaired) electrons. The van der Waals surface area contributed by atoms with Crippen molar-refractivity contribution in [2.75, 3.05) is 23.3 Å². The van der Waals surface area contributed by atoms with E-state index in [4.69, 9.17) is 12.2 Å². The maximum absolute atomic E-state index is 11.5. The van der Waals surface area contributed by atoms with Gasteiger partial charge in [0.1, 0.15) is 6.04 Å². The first-order valence-electron chi connectivity index (χ1n) is 8.95. The molecule has 28 heavy (non-hydrogen) atoms. The smallest absolute Gasteiger partial charge is 0.326 e. The zero-order valence-corrected chi connectivity index (χ0v) is 16.3. The maximum Gasteiger partial charge on any atom is 0.326 e. The zero-order valence-electron chi connectivity index (χ0n) is 15.4. The summed E-state index contributed by atoms with van der Waals surface area (Å²) in [6.07, 6.45) is 0.780. The van der Waals surface area contributed by atoms with E-state index in [2.05, 4.69) is 20.8 Å². The molecule has 9 heteroatoms. The number of aliphatic carboxylic acids is 1. The van der Waals surface area contributed by atoms with E-state index in [9.17, 15) is 9.90 Å². The van der Waals surface area contributed by atoms with Crippen molar-refractivity contribution in [3.05, 3.63) is 59.4 Å². The lowest BCUT2D eigenvalue weighted by molar-refractivity contribution is -0.138. The monoisotopic (exact) mass is 398 g/mol. The molecule has 1 aromatic heterocycles. The Kier molecular flexibility index (Phi) is 6.38. The Balaban J connectivity index is 1.60. The van der Waals surface area contributed by atoms with Gasteiger partial charge in [-0.1, -0.05) is 34.6 Å². The predicted octanol–water partition coefficient (Wildman–Crippen LogP) is 3.11. The second-order valence-electron chi connectivity index (χ2n) is 6.29. The van der Waals surface area contributed by atoms with Crippen molar-refractivity contribution in [2.45, 2.75) is 19.4 Å². The summed E-state index contributed by atoms with van der Waals surface area (Å²) in [5.74, 6) is -0.838. The molecule has 0 fully saturated rings. The molecule has 3 aromatic rings. The van der Waals surface area contributed by atoms with Crippen LogP contribution < -0.4 is 10.2 Å². The molecule has 0 aliphatic carbocycles. The third-order valence-corrected chi connectivity index (χ3v) is 4.66. The number of nitrogens with zero attached hydrogens (tertiary/aromatic N) is 4. The van der Waals surface area contributed by atoms with E-state index in [1.165, 1.54) is 0 Å². The van der Waals surface area contributed by atoms with Gasteiger partial charge in [0.15, 0.2) is 0 Å². The van der Waals surface area contributed by atoms with Crippen molar-refractivity contribution in [3.63, 3.8) is 0 Å². The Hall–Kier alpha value is -3.20. The van der Waals surface area contributed by atoms with Crippen LogP contribution in [-0.2, 0) is 4.79 Å². The first kappa shape index (κ1) is 19.6. The van der Waals surface area contributed by atoms with Crippen LogP contribution in [0.25, 0.3) is 5.69 Å². The van der Waals surface area contributed by atoms with Gasteiger partial charge in [-0.3, -0.25) is 0 Å². The number of H-pyrrole nitrogens is 1. The van der Waals surface area contributed by atoms with Gasteiger partial charge in [-0.25, -0.2) is 9.48 Å². The third-order valence-electron chi connectivity index (χ3n) is 4.39. The number of anilines is 2.